The van der Waals surface area contributed by atoms with Crippen LogP contribution in [0.3, 0.4) is 0 Å². The number of carbonyl (C=O) groups excluding carboxylic acids is 1. The van der Waals surface area contributed by atoms with Gasteiger partial charge in [-0.2, -0.15) is 0 Å². The van der Waals surface area contributed by atoms with Crippen molar-refractivity contribution in [1.82, 2.24) is 10.2 Å². The number of aromatic nitrogens is 2. The molecule has 0 bridgehead atoms. The molecule has 5 nitrogen and oxygen atoms in total. The van der Waals surface area contributed by atoms with Crippen LogP contribution in [0.1, 0.15) is 27.7 Å². The Kier molecular flexibility index (Phi) is 3.76. The molecular weight excluding hydrogens is 300 g/mol. The maximum atomic E-state index is 11.4. The van der Waals surface area contributed by atoms with Gasteiger partial charge in [0, 0.05) is 11.4 Å². The van der Waals surface area contributed by atoms with Crippen molar-refractivity contribution in [2.45, 2.75) is 13.3 Å². The van der Waals surface area contributed by atoms with Crippen LogP contribution in [-0.2, 0) is 11.2 Å². The van der Waals surface area contributed by atoms with Gasteiger partial charge in [-0.15, -0.1) is 10.2 Å². The highest BCUT2D eigenvalue weighted by molar-refractivity contribution is 9.10. The third-order valence-corrected chi connectivity index (χ3v) is 3.02. The second kappa shape index (κ2) is 5.30. The summed E-state index contributed by atoms with van der Waals surface area (Å²) in [5, 5.41) is 7.68. The van der Waals surface area contributed by atoms with E-state index in [9.17, 15) is 4.79 Å². The summed E-state index contributed by atoms with van der Waals surface area (Å²) in [5.74, 6) is 0.711. The van der Waals surface area contributed by atoms with Gasteiger partial charge in [-0.25, -0.2) is 4.79 Å². The number of nitrogens with zero attached hydrogens (tertiary/aromatic N) is 2. The Hall–Kier alpha value is -1.69. The molecule has 0 unspecified atom stereocenters. The molecule has 0 spiro atoms. The van der Waals surface area contributed by atoms with Crippen LogP contribution in [0.25, 0.3) is 0 Å². The van der Waals surface area contributed by atoms with Gasteiger partial charge in [-0.3, -0.25) is 0 Å². The predicted octanol–water partition coefficient (Wildman–Crippen LogP) is 2.52. The predicted molar refractivity (Wildman–Crippen MR) is 67.3 cm³/mol. The maximum absolute atomic E-state index is 11.4. The normalized spacial score (nSPS) is 10.4. The maximum Gasteiger partial charge on any atom is 0.338 e. The lowest BCUT2D eigenvalue weighted by Gasteiger charge is -2.04. The minimum atomic E-state index is -0.373. The van der Waals surface area contributed by atoms with E-state index in [2.05, 4.69) is 30.9 Å². The fourth-order valence-corrected chi connectivity index (χ4v) is 2.12. The largest absolute Gasteiger partial charge is 0.465 e. The van der Waals surface area contributed by atoms with Crippen molar-refractivity contribution < 1.29 is 13.9 Å². The number of hydrogen-bond donors (Lipinski definition) is 0. The first kappa shape index (κ1) is 12.8. The molecule has 1 aromatic carbocycles. The highest BCUT2D eigenvalue weighted by Crippen LogP contribution is 2.21. The average Bonchev–Trinajstić information content (AvgIpc) is 2.74. The van der Waals surface area contributed by atoms with E-state index >= 15 is 0 Å². The summed E-state index contributed by atoms with van der Waals surface area (Å²) < 4.78 is 10.6. The molecule has 94 valence electrons. The molecule has 0 aliphatic carbocycles. The van der Waals surface area contributed by atoms with E-state index in [-0.39, 0.29) is 5.97 Å². The Morgan fingerprint density at radius 2 is 2.22 bits per heavy atom. The fourth-order valence-electron chi connectivity index (χ4n) is 1.53. The second-order valence-corrected chi connectivity index (χ2v) is 4.55. The average molecular weight is 311 g/mol. The molecule has 0 aliphatic heterocycles. The Labute approximate surface area is 112 Å². The van der Waals surface area contributed by atoms with Crippen molar-refractivity contribution in [3.63, 3.8) is 0 Å². The van der Waals surface area contributed by atoms with Crippen LogP contribution in [0.15, 0.2) is 27.1 Å². The molecule has 1 aromatic heterocycles. The first-order valence-electron chi connectivity index (χ1n) is 5.26. The van der Waals surface area contributed by atoms with Gasteiger partial charge < -0.3 is 9.15 Å². The van der Waals surface area contributed by atoms with Gasteiger partial charge in [0.1, 0.15) is 0 Å². The minimum absolute atomic E-state index is 0.373. The summed E-state index contributed by atoms with van der Waals surface area (Å²) in [7, 11) is 1.35. The van der Waals surface area contributed by atoms with E-state index in [4.69, 9.17) is 4.42 Å². The quantitative estimate of drug-likeness (QED) is 0.815. The van der Waals surface area contributed by atoms with Crippen LogP contribution in [-0.4, -0.2) is 23.3 Å². The number of methoxy groups -OCH3 is 1. The van der Waals surface area contributed by atoms with Crippen LogP contribution in [0.5, 0.6) is 0 Å². The third kappa shape index (κ3) is 2.76. The minimum Gasteiger partial charge on any atom is -0.465 e. The molecule has 2 rings (SSSR count). The lowest BCUT2D eigenvalue weighted by molar-refractivity contribution is 0.0599. The molecule has 0 radical (unpaired) electrons. The van der Waals surface area contributed by atoms with Crippen molar-refractivity contribution in [2.75, 3.05) is 7.11 Å². The van der Waals surface area contributed by atoms with Crippen LogP contribution >= 0.6 is 15.9 Å². The van der Waals surface area contributed by atoms with E-state index in [1.165, 1.54) is 7.11 Å². The fraction of sp³-hybridized carbons (Fsp3) is 0.250. The number of aryl methyl sites for hydroxylation is 1. The number of carbonyl (C=O) groups is 1. The smallest absolute Gasteiger partial charge is 0.338 e. The van der Waals surface area contributed by atoms with E-state index in [0.29, 0.717) is 28.2 Å². The standard InChI is InChI=1S/C12H11BrN2O3/c1-7-14-15-11(18-7)6-8-3-4-9(10(13)5-8)12(16)17-2/h3-5H,6H2,1-2H3. The summed E-state index contributed by atoms with van der Waals surface area (Å²) in [6.45, 7) is 1.74. The monoisotopic (exact) mass is 310 g/mol. The first-order valence-corrected chi connectivity index (χ1v) is 6.05. The SMILES string of the molecule is COC(=O)c1ccc(Cc2nnc(C)o2)cc1Br. The zero-order valence-corrected chi connectivity index (χ0v) is 11.5. The van der Waals surface area contributed by atoms with Crippen LogP contribution in [0.2, 0.25) is 0 Å². The molecule has 0 fully saturated rings. The van der Waals surface area contributed by atoms with Gasteiger partial charge in [-0.1, -0.05) is 6.07 Å². The van der Waals surface area contributed by atoms with Gasteiger partial charge in [0.05, 0.1) is 19.1 Å². The topological polar surface area (TPSA) is 65.2 Å². The Balaban J connectivity index is 2.21. The third-order valence-electron chi connectivity index (χ3n) is 2.36. The zero-order valence-electron chi connectivity index (χ0n) is 9.94. The molecule has 18 heavy (non-hydrogen) atoms. The summed E-state index contributed by atoms with van der Waals surface area (Å²) in [4.78, 5) is 11.4. The van der Waals surface area contributed by atoms with Crippen molar-refractivity contribution in [2.24, 2.45) is 0 Å². The molecule has 6 heteroatoms. The number of esters is 1. The van der Waals surface area contributed by atoms with Crippen molar-refractivity contribution >= 4 is 21.9 Å². The number of halogens is 1. The van der Waals surface area contributed by atoms with Crippen molar-refractivity contribution in [3.05, 3.63) is 45.6 Å². The summed E-state index contributed by atoms with van der Waals surface area (Å²) in [6, 6.07) is 5.37. The molecule has 0 aliphatic rings. The number of benzene rings is 1. The zero-order chi connectivity index (χ0) is 13.1. The molecule has 1 heterocycles. The highest BCUT2D eigenvalue weighted by Gasteiger charge is 2.11. The van der Waals surface area contributed by atoms with Gasteiger partial charge in [0.2, 0.25) is 11.8 Å². The molecule has 0 saturated heterocycles. The van der Waals surface area contributed by atoms with E-state index in [1.807, 2.05) is 12.1 Å². The van der Waals surface area contributed by atoms with Gasteiger partial charge in [-0.05, 0) is 33.6 Å². The second-order valence-electron chi connectivity index (χ2n) is 3.70. The summed E-state index contributed by atoms with van der Waals surface area (Å²) in [5.41, 5.74) is 1.46. The lowest BCUT2D eigenvalue weighted by atomic mass is 10.1. The molecule has 0 N–H and O–H groups in total. The van der Waals surface area contributed by atoms with Gasteiger partial charge in [0.25, 0.3) is 0 Å². The van der Waals surface area contributed by atoms with Crippen molar-refractivity contribution in [3.8, 4) is 0 Å². The van der Waals surface area contributed by atoms with Crippen LogP contribution < -0.4 is 0 Å². The number of ether oxygens (including phenoxy) is 1. The molecule has 0 saturated carbocycles. The summed E-state index contributed by atoms with van der Waals surface area (Å²) >= 11 is 3.34. The van der Waals surface area contributed by atoms with Crippen LogP contribution in [0, 0.1) is 6.92 Å². The van der Waals surface area contributed by atoms with E-state index < -0.39 is 0 Å². The Bertz CT molecular complexity index is 580. The lowest BCUT2D eigenvalue weighted by Crippen LogP contribution is -2.02. The Morgan fingerprint density at radius 3 is 2.78 bits per heavy atom. The summed E-state index contributed by atoms with van der Waals surface area (Å²) in [6.07, 6.45) is 0.529. The molecule has 0 amide bonds. The number of hydrogen-bond acceptors (Lipinski definition) is 5. The van der Waals surface area contributed by atoms with Gasteiger partial charge >= 0.3 is 5.97 Å². The Morgan fingerprint density at radius 1 is 1.44 bits per heavy atom. The molecular formula is C12H11BrN2O3. The van der Waals surface area contributed by atoms with Crippen molar-refractivity contribution in [1.29, 1.82) is 0 Å². The number of rotatable bonds is 3. The first-order chi connectivity index (χ1) is 8.60. The van der Waals surface area contributed by atoms with E-state index in [1.54, 1.807) is 13.0 Å². The highest BCUT2D eigenvalue weighted by atomic mass is 79.9. The molecule has 0 atom stereocenters. The van der Waals surface area contributed by atoms with Crippen LogP contribution in [0.4, 0.5) is 0 Å². The molecule has 2 aromatic rings. The van der Waals surface area contributed by atoms with Gasteiger partial charge in [0.15, 0.2) is 0 Å². The van der Waals surface area contributed by atoms with E-state index in [0.717, 1.165) is 5.56 Å².